The molecule has 0 saturated heterocycles. The Balaban J connectivity index is 1.49. The second-order valence-electron chi connectivity index (χ2n) is 9.84. The number of rotatable bonds is 4. The number of amides is 2. The summed E-state index contributed by atoms with van der Waals surface area (Å²) >= 11 is 0. The fourth-order valence-electron chi connectivity index (χ4n) is 6.85. The number of hydrogen-bond donors (Lipinski definition) is 2. The predicted molar refractivity (Wildman–Crippen MR) is 104 cm³/mol. The molecule has 4 aliphatic rings. The van der Waals surface area contributed by atoms with E-state index in [-0.39, 0.29) is 17.2 Å². The van der Waals surface area contributed by atoms with Gasteiger partial charge in [-0.15, -0.1) is 0 Å². The van der Waals surface area contributed by atoms with Gasteiger partial charge in [-0.1, -0.05) is 20.8 Å². The fraction of sp³-hybridized carbons (Fsp3) is 0.636. The molecule has 1 aromatic carbocycles. The summed E-state index contributed by atoms with van der Waals surface area (Å²) in [5, 5.41) is 6.02. The molecule has 5 rings (SSSR count). The molecule has 4 nitrogen and oxygen atoms in total. The Morgan fingerprint density at radius 2 is 1.46 bits per heavy atom. The van der Waals surface area contributed by atoms with Crippen LogP contribution in [-0.2, 0) is 9.59 Å². The summed E-state index contributed by atoms with van der Waals surface area (Å²) in [6.07, 6.45) is 7.43. The Morgan fingerprint density at radius 3 is 1.96 bits per heavy atom. The molecule has 0 aromatic heterocycles. The first-order valence-electron chi connectivity index (χ1n) is 9.95. The van der Waals surface area contributed by atoms with Gasteiger partial charge in [-0.3, -0.25) is 9.59 Å². The maximum absolute atomic E-state index is 13.3. The van der Waals surface area contributed by atoms with Crippen molar-refractivity contribution in [3.05, 3.63) is 24.3 Å². The third kappa shape index (κ3) is 3.04. The van der Waals surface area contributed by atoms with Crippen LogP contribution in [0.15, 0.2) is 24.3 Å². The summed E-state index contributed by atoms with van der Waals surface area (Å²) in [6.45, 7) is 6.61. The molecule has 2 unspecified atom stereocenters. The van der Waals surface area contributed by atoms with Crippen LogP contribution in [0.2, 0.25) is 0 Å². The maximum Gasteiger partial charge on any atom is 0.230 e. The van der Waals surface area contributed by atoms with E-state index in [1.54, 1.807) is 0 Å². The predicted octanol–water partition coefficient (Wildman–Crippen LogP) is 4.97. The lowest BCUT2D eigenvalue weighted by molar-refractivity contribution is -0.165. The van der Waals surface area contributed by atoms with Crippen LogP contribution in [0.5, 0.6) is 0 Å². The minimum Gasteiger partial charge on any atom is -0.326 e. The van der Waals surface area contributed by atoms with E-state index in [1.807, 2.05) is 31.2 Å². The van der Waals surface area contributed by atoms with Crippen molar-refractivity contribution in [3.8, 4) is 0 Å². The molecule has 2 amide bonds. The van der Waals surface area contributed by atoms with Crippen molar-refractivity contribution in [3.63, 3.8) is 0 Å². The zero-order chi connectivity index (χ0) is 18.6. The molecule has 4 aliphatic carbocycles. The van der Waals surface area contributed by atoms with Gasteiger partial charge in [0.15, 0.2) is 0 Å². The van der Waals surface area contributed by atoms with Crippen molar-refractivity contribution in [1.82, 2.24) is 0 Å². The molecule has 0 radical (unpaired) electrons. The molecule has 0 spiro atoms. The molecule has 26 heavy (non-hydrogen) atoms. The summed E-state index contributed by atoms with van der Waals surface area (Å²) in [4.78, 5) is 24.8. The van der Waals surface area contributed by atoms with Gasteiger partial charge in [0.05, 0.1) is 5.41 Å². The molecule has 2 N–H and O–H groups in total. The molecule has 4 heteroatoms. The Kier molecular flexibility index (Phi) is 3.94. The molecule has 0 aliphatic heterocycles. The number of benzene rings is 1. The van der Waals surface area contributed by atoms with Gasteiger partial charge < -0.3 is 10.6 Å². The lowest BCUT2D eigenvalue weighted by atomic mass is 9.40. The van der Waals surface area contributed by atoms with Gasteiger partial charge in [0, 0.05) is 17.8 Å². The first-order valence-corrected chi connectivity index (χ1v) is 9.95. The fourth-order valence-corrected chi connectivity index (χ4v) is 6.85. The molecule has 2 atom stereocenters. The van der Waals surface area contributed by atoms with Gasteiger partial charge in [-0.05, 0) is 79.5 Å². The third-order valence-electron chi connectivity index (χ3n) is 6.86. The summed E-state index contributed by atoms with van der Waals surface area (Å²) in [5.74, 6) is 0.903. The van der Waals surface area contributed by atoms with Crippen LogP contribution in [0, 0.1) is 22.2 Å². The number of carbonyl (C=O) groups excluding carboxylic acids is 2. The third-order valence-corrected chi connectivity index (χ3v) is 6.86. The first-order chi connectivity index (χ1) is 12.2. The van der Waals surface area contributed by atoms with Gasteiger partial charge in [0.2, 0.25) is 11.8 Å². The van der Waals surface area contributed by atoms with E-state index >= 15 is 0 Å². The number of hydrogen-bond acceptors (Lipinski definition) is 2. The summed E-state index contributed by atoms with van der Waals surface area (Å²) in [5.41, 5.74) is 2.05. The van der Waals surface area contributed by atoms with Crippen molar-refractivity contribution < 1.29 is 9.59 Å². The summed E-state index contributed by atoms with van der Waals surface area (Å²) < 4.78 is 0. The SMILES string of the molecule is CCC(=O)Nc1ccc(NC(=O)C23CC4CC(C)(CC(C)(C4)C2)C3)cc1. The molecule has 4 saturated carbocycles. The highest BCUT2D eigenvalue weighted by Crippen LogP contribution is 2.69. The number of carbonyl (C=O) groups is 2. The van der Waals surface area contributed by atoms with E-state index in [0.29, 0.717) is 23.2 Å². The van der Waals surface area contributed by atoms with Crippen LogP contribution in [0.1, 0.15) is 65.7 Å². The molecule has 140 valence electrons. The van der Waals surface area contributed by atoms with Crippen molar-refractivity contribution in [2.75, 3.05) is 10.6 Å². The van der Waals surface area contributed by atoms with Crippen LogP contribution < -0.4 is 10.6 Å². The van der Waals surface area contributed by atoms with Gasteiger partial charge in [-0.2, -0.15) is 0 Å². The molecule has 4 bridgehead atoms. The lowest BCUT2D eigenvalue weighted by Gasteiger charge is -2.64. The second kappa shape index (κ2) is 5.83. The van der Waals surface area contributed by atoms with Crippen molar-refractivity contribution in [2.24, 2.45) is 22.2 Å². The van der Waals surface area contributed by atoms with Gasteiger partial charge in [0.1, 0.15) is 0 Å². The van der Waals surface area contributed by atoms with Crippen LogP contribution in [0.25, 0.3) is 0 Å². The first kappa shape index (κ1) is 17.6. The highest BCUT2D eigenvalue weighted by atomic mass is 16.2. The highest BCUT2D eigenvalue weighted by Gasteiger charge is 2.62. The molecular weight excluding hydrogens is 324 g/mol. The summed E-state index contributed by atoms with van der Waals surface area (Å²) in [6, 6.07) is 7.47. The van der Waals surface area contributed by atoms with E-state index in [0.717, 1.165) is 30.6 Å². The monoisotopic (exact) mass is 354 g/mol. The minimum atomic E-state index is -0.196. The Hall–Kier alpha value is -1.84. The molecule has 4 fully saturated rings. The van der Waals surface area contributed by atoms with Crippen molar-refractivity contribution in [1.29, 1.82) is 0 Å². The van der Waals surface area contributed by atoms with E-state index < -0.39 is 0 Å². The van der Waals surface area contributed by atoms with Crippen LogP contribution in [-0.4, -0.2) is 11.8 Å². The van der Waals surface area contributed by atoms with Gasteiger partial charge >= 0.3 is 0 Å². The molecular formula is C22H30N2O2. The van der Waals surface area contributed by atoms with Crippen LogP contribution >= 0.6 is 0 Å². The largest absolute Gasteiger partial charge is 0.326 e. The maximum atomic E-state index is 13.3. The standard InChI is InChI=1S/C22H30N2O2/c1-4-18(25)23-16-5-7-17(8-6-16)24-19(26)22-11-15-9-20(2,13-22)12-21(3,10-15)14-22/h5-8,15H,4,9-14H2,1-3H3,(H,23,25)(H,24,26). The average Bonchev–Trinajstić information content (AvgIpc) is 2.53. The quantitative estimate of drug-likeness (QED) is 0.802. The van der Waals surface area contributed by atoms with E-state index in [1.165, 1.54) is 19.3 Å². The van der Waals surface area contributed by atoms with E-state index in [4.69, 9.17) is 0 Å². The van der Waals surface area contributed by atoms with Crippen LogP contribution in [0.4, 0.5) is 11.4 Å². The highest BCUT2D eigenvalue weighted by molar-refractivity contribution is 5.96. The lowest BCUT2D eigenvalue weighted by Crippen LogP contribution is -2.58. The molecule has 1 aromatic rings. The summed E-state index contributed by atoms with van der Waals surface area (Å²) in [7, 11) is 0. The normalized spacial score (nSPS) is 37.4. The van der Waals surface area contributed by atoms with Crippen molar-refractivity contribution >= 4 is 23.2 Å². The number of anilines is 2. The zero-order valence-electron chi connectivity index (χ0n) is 16.2. The smallest absolute Gasteiger partial charge is 0.230 e. The Bertz CT molecular complexity index is 721. The number of nitrogens with one attached hydrogen (secondary N) is 2. The Labute approximate surface area is 156 Å². The average molecular weight is 354 g/mol. The van der Waals surface area contributed by atoms with E-state index in [9.17, 15) is 9.59 Å². The molecule has 0 heterocycles. The van der Waals surface area contributed by atoms with E-state index in [2.05, 4.69) is 24.5 Å². The minimum absolute atomic E-state index is 0.00293. The van der Waals surface area contributed by atoms with Crippen LogP contribution in [0.3, 0.4) is 0 Å². The zero-order valence-corrected chi connectivity index (χ0v) is 16.2. The second-order valence-corrected chi connectivity index (χ2v) is 9.84. The van der Waals surface area contributed by atoms with Gasteiger partial charge in [-0.25, -0.2) is 0 Å². The van der Waals surface area contributed by atoms with Gasteiger partial charge in [0.25, 0.3) is 0 Å². The van der Waals surface area contributed by atoms with Crippen molar-refractivity contribution in [2.45, 2.75) is 65.7 Å². The Morgan fingerprint density at radius 1 is 0.923 bits per heavy atom. The topological polar surface area (TPSA) is 58.2 Å².